The Bertz CT molecular complexity index is 474. The molecule has 0 aliphatic heterocycles. The van der Waals surface area contributed by atoms with Gasteiger partial charge in [0.15, 0.2) is 0 Å². The topological polar surface area (TPSA) is 15.8 Å². The molecule has 0 amide bonds. The van der Waals surface area contributed by atoms with Crippen molar-refractivity contribution in [2.45, 2.75) is 0 Å². The smallest absolute Gasteiger partial charge is 0.444 e. The van der Waals surface area contributed by atoms with Crippen LogP contribution in [-0.4, -0.2) is 12.0 Å². The highest BCUT2D eigenvalue weighted by Crippen LogP contribution is 2.16. The Balaban J connectivity index is 2.63. The molecule has 2 rings (SSSR count). The minimum atomic E-state index is -5.05. The summed E-state index contributed by atoms with van der Waals surface area (Å²) < 4.78 is 49.4. The lowest BCUT2D eigenvalue weighted by Gasteiger charge is -2.10. The predicted molar refractivity (Wildman–Crippen MR) is 47.0 cm³/mol. The summed E-state index contributed by atoms with van der Waals surface area (Å²) in [4.78, 5) is 2.14. The average Bonchev–Trinajstić information content (AvgIpc) is 2.45. The zero-order valence-electron chi connectivity index (χ0n) is 6.90. The number of aromatic amines is 1. The Kier molecular flexibility index (Phi) is 1.80. The summed E-state index contributed by atoms with van der Waals surface area (Å²) in [7, 11) is 0. The maximum absolute atomic E-state index is 12.6. The molecule has 1 N–H and O–H groups in total. The van der Waals surface area contributed by atoms with Crippen LogP contribution in [0.25, 0.3) is 10.9 Å². The quantitative estimate of drug-likeness (QED) is 0.539. The molecule has 0 bridgehead atoms. The summed E-state index contributed by atoms with van der Waals surface area (Å²) in [5.41, 5.74) is -0.634. The largest absolute Gasteiger partial charge is 0.525 e. The number of halogens is 4. The van der Waals surface area contributed by atoms with Crippen molar-refractivity contribution in [2.24, 2.45) is 0 Å². The first-order chi connectivity index (χ1) is 6.47. The summed E-state index contributed by atoms with van der Waals surface area (Å²) in [6.45, 7) is -5.05. The molecule has 1 heterocycles. The third-order valence-electron chi connectivity index (χ3n) is 1.96. The number of benzene rings is 1. The van der Waals surface area contributed by atoms with Gasteiger partial charge in [-0.25, -0.2) is 4.39 Å². The molecule has 6 heteroatoms. The van der Waals surface area contributed by atoms with E-state index in [0.717, 1.165) is 18.2 Å². The summed E-state index contributed by atoms with van der Waals surface area (Å²) in [5, 5.41) is 0.362. The van der Waals surface area contributed by atoms with Gasteiger partial charge in [0.05, 0.1) is 0 Å². The van der Waals surface area contributed by atoms with E-state index >= 15 is 0 Å². The lowest BCUT2D eigenvalue weighted by atomic mass is 9.86. The molecule has 14 heavy (non-hydrogen) atoms. The van der Waals surface area contributed by atoms with Crippen LogP contribution in [0, 0.1) is 5.82 Å². The Morgan fingerprint density at radius 2 is 1.79 bits per heavy atom. The Morgan fingerprint density at radius 1 is 1.07 bits per heavy atom. The number of rotatable bonds is 1. The maximum Gasteiger partial charge on any atom is 0.525 e. The molecular formula is C8H5BF4N-. The highest BCUT2D eigenvalue weighted by atomic mass is 19.4. The molecular weight excluding hydrogens is 197 g/mol. The van der Waals surface area contributed by atoms with Crippen molar-refractivity contribution in [3.05, 3.63) is 30.1 Å². The molecule has 0 saturated heterocycles. The third-order valence-corrected chi connectivity index (χ3v) is 1.96. The molecule has 2 aromatic rings. The number of nitrogens with one attached hydrogen (secondary N) is 1. The van der Waals surface area contributed by atoms with Crippen LogP contribution < -0.4 is 5.59 Å². The van der Waals surface area contributed by atoms with Gasteiger partial charge in [0.2, 0.25) is 0 Å². The summed E-state index contributed by atoms with van der Waals surface area (Å²) >= 11 is 0. The lowest BCUT2D eigenvalue weighted by Crippen LogP contribution is -2.34. The molecule has 0 aliphatic rings. The standard InChI is InChI=1S/C8H5BF4N/c10-6-2-1-5-3-8(9(11,12)13)14-7(5)4-6/h1-4,14H/q-1. The first-order valence-electron chi connectivity index (χ1n) is 3.95. The molecule has 0 radical (unpaired) electrons. The van der Waals surface area contributed by atoms with E-state index in [9.17, 15) is 17.3 Å². The molecule has 74 valence electrons. The van der Waals surface area contributed by atoms with E-state index < -0.39 is 18.4 Å². The van der Waals surface area contributed by atoms with Crippen molar-refractivity contribution >= 4 is 23.5 Å². The first-order valence-corrected chi connectivity index (χ1v) is 3.95. The fraction of sp³-hybridized carbons (Fsp3) is 0. The van der Waals surface area contributed by atoms with Gasteiger partial charge in [-0.1, -0.05) is 12.1 Å². The minimum absolute atomic E-state index is 0.166. The van der Waals surface area contributed by atoms with E-state index in [-0.39, 0.29) is 5.52 Å². The number of aromatic nitrogens is 1. The van der Waals surface area contributed by atoms with Crippen LogP contribution in [0.4, 0.5) is 17.3 Å². The Morgan fingerprint density at radius 3 is 2.43 bits per heavy atom. The van der Waals surface area contributed by atoms with Gasteiger partial charge in [-0.3, -0.25) is 0 Å². The van der Waals surface area contributed by atoms with E-state index in [1.165, 1.54) is 6.07 Å². The zero-order valence-corrected chi connectivity index (χ0v) is 6.90. The van der Waals surface area contributed by atoms with Crippen LogP contribution in [-0.2, 0) is 0 Å². The monoisotopic (exact) mass is 202 g/mol. The van der Waals surface area contributed by atoms with Crippen molar-refractivity contribution in [3.8, 4) is 0 Å². The summed E-state index contributed by atoms with van der Waals surface area (Å²) in [5.74, 6) is -0.555. The molecule has 0 spiro atoms. The van der Waals surface area contributed by atoms with E-state index in [2.05, 4.69) is 4.98 Å². The van der Waals surface area contributed by atoms with Crippen LogP contribution in [0.5, 0.6) is 0 Å². The van der Waals surface area contributed by atoms with E-state index in [1.807, 2.05) is 0 Å². The van der Waals surface area contributed by atoms with Crippen molar-refractivity contribution in [1.29, 1.82) is 0 Å². The van der Waals surface area contributed by atoms with Crippen LogP contribution in [0.2, 0.25) is 0 Å². The number of fused-ring (bicyclic) bond motifs is 1. The van der Waals surface area contributed by atoms with Crippen LogP contribution in [0.3, 0.4) is 0 Å². The van der Waals surface area contributed by atoms with Gasteiger partial charge in [0.25, 0.3) is 0 Å². The fourth-order valence-corrected chi connectivity index (χ4v) is 1.30. The number of hydrogen-bond donors (Lipinski definition) is 1. The van der Waals surface area contributed by atoms with Gasteiger partial charge >= 0.3 is 6.98 Å². The predicted octanol–water partition coefficient (Wildman–Crippen LogP) is 2.36. The summed E-state index contributed by atoms with van der Waals surface area (Å²) in [6, 6.07) is 4.46. The molecule has 0 unspecified atom stereocenters. The molecule has 0 aliphatic carbocycles. The Labute approximate surface area is 76.8 Å². The van der Waals surface area contributed by atoms with Gasteiger partial charge in [-0.15, -0.1) is 0 Å². The Hall–Kier alpha value is -1.46. The second kappa shape index (κ2) is 2.77. The number of H-pyrrole nitrogens is 1. The lowest BCUT2D eigenvalue weighted by molar-refractivity contribution is 0.499. The molecule has 0 fully saturated rings. The number of hydrogen-bond acceptors (Lipinski definition) is 0. The van der Waals surface area contributed by atoms with Crippen LogP contribution in [0.15, 0.2) is 24.3 Å². The molecule has 1 aromatic carbocycles. The molecule has 0 atom stereocenters. The van der Waals surface area contributed by atoms with Crippen molar-refractivity contribution in [3.63, 3.8) is 0 Å². The fourth-order valence-electron chi connectivity index (χ4n) is 1.30. The van der Waals surface area contributed by atoms with Crippen LogP contribution in [0.1, 0.15) is 0 Å². The minimum Gasteiger partial charge on any atom is -0.444 e. The second-order valence-corrected chi connectivity index (χ2v) is 3.03. The van der Waals surface area contributed by atoms with Crippen molar-refractivity contribution < 1.29 is 17.3 Å². The van der Waals surface area contributed by atoms with E-state index in [0.29, 0.717) is 5.39 Å². The van der Waals surface area contributed by atoms with Gasteiger partial charge in [0.1, 0.15) is 5.82 Å². The van der Waals surface area contributed by atoms with Gasteiger partial charge in [0, 0.05) is 5.52 Å². The third kappa shape index (κ3) is 1.47. The SMILES string of the molecule is Fc1ccc2cc([B-](F)(F)F)[nH]c2c1. The first kappa shape index (κ1) is 9.11. The normalized spacial score (nSPS) is 12.3. The van der Waals surface area contributed by atoms with E-state index in [4.69, 9.17) is 0 Å². The highest BCUT2D eigenvalue weighted by Gasteiger charge is 2.27. The van der Waals surface area contributed by atoms with E-state index in [1.54, 1.807) is 0 Å². The van der Waals surface area contributed by atoms with Gasteiger partial charge in [-0.05, 0) is 23.1 Å². The zero-order chi connectivity index (χ0) is 10.3. The molecule has 0 saturated carbocycles. The second-order valence-electron chi connectivity index (χ2n) is 3.03. The highest BCUT2D eigenvalue weighted by molar-refractivity contribution is 6.73. The molecule has 1 aromatic heterocycles. The summed E-state index contributed by atoms with van der Waals surface area (Å²) in [6.07, 6.45) is 0. The van der Waals surface area contributed by atoms with Crippen molar-refractivity contribution in [2.75, 3.05) is 0 Å². The molecule has 1 nitrogen and oxygen atoms in total. The van der Waals surface area contributed by atoms with Crippen molar-refractivity contribution in [1.82, 2.24) is 4.98 Å². The van der Waals surface area contributed by atoms with Gasteiger partial charge in [-0.2, -0.15) is 0 Å². The average molecular weight is 202 g/mol. The van der Waals surface area contributed by atoms with Gasteiger partial charge < -0.3 is 17.9 Å². The maximum atomic E-state index is 12.6. The van der Waals surface area contributed by atoms with Crippen LogP contribution >= 0.6 is 0 Å².